The third-order valence-electron chi connectivity index (χ3n) is 2.85. The zero-order valence-corrected chi connectivity index (χ0v) is 10.3. The van der Waals surface area contributed by atoms with E-state index in [-0.39, 0.29) is 5.71 Å². The lowest BCUT2D eigenvalue weighted by molar-refractivity contribution is -0.110. The number of aryl methyl sites for hydroxylation is 1. The zero-order valence-electron chi connectivity index (χ0n) is 10.3. The van der Waals surface area contributed by atoms with Crippen LogP contribution in [0.3, 0.4) is 0 Å². The molecular weight excluding hydrogens is 228 g/mol. The lowest BCUT2D eigenvalue weighted by atomic mass is 10.0. The molecule has 1 amide bonds. The first kappa shape index (κ1) is 12.1. The Morgan fingerprint density at radius 3 is 2.67 bits per heavy atom. The summed E-state index contributed by atoms with van der Waals surface area (Å²) in [6.45, 7) is 3.38. The Balaban J connectivity index is 2.50. The molecule has 0 aromatic heterocycles. The van der Waals surface area contributed by atoms with Gasteiger partial charge in [-0.15, -0.1) is 0 Å². The highest BCUT2D eigenvalue weighted by Crippen LogP contribution is 2.26. The van der Waals surface area contributed by atoms with E-state index in [4.69, 9.17) is 5.21 Å². The van der Waals surface area contributed by atoms with Crippen molar-refractivity contribution in [1.82, 2.24) is 0 Å². The van der Waals surface area contributed by atoms with Crippen molar-refractivity contribution < 1.29 is 10.0 Å². The molecule has 0 saturated carbocycles. The molecule has 0 aliphatic heterocycles. The van der Waals surface area contributed by atoms with Crippen LogP contribution in [0.25, 0.3) is 10.8 Å². The van der Waals surface area contributed by atoms with Gasteiger partial charge in [0.25, 0.3) is 5.91 Å². The van der Waals surface area contributed by atoms with Crippen molar-refractivity contribution in [3.8, 4) is 0 Å². The van der Waals surface area contributed by atoms with Crippen LogP contribution in [0, 0.1) is 6.92 Å². The molecule has 2 N–H and O–H groups in total. The number of hydrogen-bond donors (Lipinski definition) is 2. The van der Waals surface area contributed by atoms with Gasteiger partial charge in [0.1, 0.15) is 5.71 Å². The van der Waals surface area contributed by atoms with Crippen LogP contribution in [0.4, 0.5) is 5.69 Å². The lowest BCUT2D eigenvalue weighted by Crippen LogP contribution is -2.20. The van der Waals surface area contributed by atoms with Crippen molar-refractivity contribution in [2.24, 2.45) is 5.16 Å². The fourth-order valence-electron chi connectivity index (χ4n) is 1.80. The van der Waals surface area contributed by atoms with Gasteiger partial charge in [0.15, 0.2) is 0 Å². The smallest absolute Gasteiger partial charge is 0.273 e. The molecule has 2 rings (SSSR count). The monoisotopic (exact) mass is 242 g/mol. The minimum atomic E-state index is -0.406. The van der Waals surface area contributed by atoms with Gasteiger partial charge < -0.3 is 10.5 Å². The molecule has 0 aliphatic carbocycles. The third-order valence-corrected chi connectivity index (χ3v) is 2.85. The van der Waals surface area contributed by atoms with Gasteiger partial charge in [0.2, 0.25) is 0 Å². The van der Waals surface area contributed by atoms with Crippen LogP contribution in [0.5, 0.6) is 0 Å². The Labute approximate surface area is 105 Å². The lowest BCUT2D eigenvalue weighted by Gasteiger charge is -2.11. The number of nitrogens with zero attached hydrogens (tertiary/aromatic N) is 1. The third kappa shape index (κ3) is 2.18. The molecule has 0 atom stereocenters. The predicted molar refractivity (Wildman–Crippen MR) is 72.2 cm³/mol. The van der Waals surface area contributed by atoms with Crippen LogP contribution in [0.1, 0.15) is 12.5 Å². The Bertz CT molecular complexity index is 633. The largest absolute Gasteiger partial charge is 0.410 e. The standard InChI is InChI=1S/C14H14N2O2/c1-9-7-8-11-5-3-4-6-12(11)13(9)15-14(17)10(2)16-18/h3-8,18H,1-2H3,(H,15,17)/b16-10+. The number of anilines is 1. The first-order chi connectivity index (χ1) is 8.63. The van der Waals surface area contributed by atoms with Crippen LogP contribution in [-0.4, -0.2) is 16.8 Å². The van der Waals surface area contributed by atoms with Crippen LogP contribution < -0.4 is 5.32 Å². The Hall–Kier alpha value is -2.36. The molecule has 0 saturated heterocycles. The summed E-state index contributed by atoms with van der Waals surface area (Å²) in [5.74, 6) is -0.406. The number of benzene rings is 2. The van der Waals surface area contributed by atoms with Crippen molar-refractivity contribution >= 4 is 28.1 Å². The van der Waals surface area contributed by atoms with E-state index < -0.39 is 5.91 Å². The van der Waals surface area contributed by atoms with Crippen molar-refractivity contribution in [2.75, 3.05) is 5.32 Å². The molecule has 0 bridgehead atoms. The van der Waals surface area contributed by atoms with Crippen LogP contribution >= 0.6 is 0 Å². The topological polar surface area (TPSA) is 61.7 Å². The quantitative estimate of drug-likeness (QED) is 0.483. The molecule has 18 heavy (non-hydrogen) atoms. The van der Waals surface area contributed by atoms with Gasteiger partial charge in [-0.3, -0.25) is 4.79 Å². The molecule has 4 nitrogen and oxygen atoms in total. The highest BCUT2D eigenvalue weighted by Gasteiger charge is 2.11. The summed E-state index contributed by atoms with van der Waals surface area (Å²) in [7, 11) is 0. The summed E-state index contributed by atoms with van der Waals surface area (Å²) in [5, 5.41) is 16.3. The first-order valence-electron chi connectivity index (χ1n) is 5.62. The summed E-state index contributed by atoms with van der Waals surface area (Å²) in [4.78, 5) is 11.7. The van der Waals surface area contributed by atoms with E-state index in [1.165, 1.54) is 6.92 Å². The molecule has 92 valence electrons. The van der Waals surface area contributed by atoms with Gasteiger partial charge in [-0.1, -0.05) is 41.6 Å². The highest BCUT2D eigenvalue weighted by molar-refractivity contribution is 6.42. The molecule has 0 fully saturated rings. The van der Waals surface area contributed by atoms with Crippen LogP contribution in [0.2, 0.25) is 0 Å². The van der Waals surface area contributed by atoms with E-state index in [0.717, 1.165) is 22.0 Å². The number of fused-ring (bicyclic) bond motifs is 1. The summed E-state index contributed by atoms with van der Waals surface area (Å²) >= 11 is 0. The summed E-state index contributed by atoms with van der Waals surface area (Å²) in [6, 6.07) is 11.8. The molecule has 0 aliphatic rings. The van der Waals surface area contributed by atoms with Gasteiger partial charge in [-0.2, -0.15) is 0 Å². The minimum Gasteiger partial charge on any atom is -0.410 e. The highest BCUT2D eigenvalue weighted by atomic mass is 16.4. The summed E-state index contributed by atoms with van der Waals surface area (Å²) < 4.78 is 0. The molecule has 4 heteroatoms. The van der Waals surface area contributed by atoms with E-state index in [1.54, 1.807) is 0 Å². The second-order valence-corrected chi connectivity index (χ2v) is 4.12. The van der Waals surface area contributed by atoms with Gasteiger partial charge in [0.05, 0.1) is 5.69 Å². The predicted octanol–water partition coefficient (Wildman–Crippen LogP) is 2.94. The van der Waals surface area contributed by atoms with Gasteiger partial charge in [0, 0.05) is 5.39 Å². The minimum absolute atomic E-state index is 0.0299. The number of rotatable bonds is 2. The van der Waals surface area contributed by atoms with E-state index in [0.29, 0.717) is 0 Å². The fraction of sp³-hybridized carbons (Fsp3) is 0.143. The van der Waals surface area contributed by atoms with Gasteiger partial charge in [-0.05, 0) is 24.8 Å². The SMILES string of the molecule is C/C(=N\O)C(=O)Nc1c(C)ccc2ccccc12. The molecule has 0 radical (unpaired) electrons. The van der Waals surface area contributed by atoms with Crippen LogP contribution in [-0.2, 0) is 4.79 Å². The maximum Gasteiger partial charge on any atom is 0.273 e. The maximum absolute atomic E-state index is 11.7. The average Bonchev–Trinajstić information content (AvgIpc) is 2.41. The number of carbonyl (C=O) groups excluding carboxylic acids is 1. The number of nitrogens with one attached hydrogen (secondary N) is 1. The Morgan fingerprint density at radius 1 is 1.22 bits per heavy atom. The zero-order chi connectivity index (χ0) is 13.1. The number of oxime groups is 1. The number of amides is 1. The average molecular weight is 242 g/mol. The molecule has 0 heterocycles. The normalized spacial score (nSPS) is 11.6. The summed E-state index contributed by atoms with van der Waals surface area (Å²) in [6.07, 6.45) is 0. The van der Waals surface area contributed by atoms with Gasteiger partial charge >= 0.3 is 0 Å². The first-order valence-corrected chi connectivity index (χ1v) is 5.62. The van der Waals surface area contributed by atoms with Crippen molar-refractivity contribution in [1.29, 1.82) is 0 Å². The number of carbonyl (C=O) groups is 1. The van der Waals surface area contributed by atoms with E-state index in [1.807, 2.05) is 43.3 Å². The second-order valence-electron chi connectivity index (χ2n) is 4.12. The van der Waals surface area contributed by atoms with E-state index >= 15 is 0 Å². The molecular formula is C14H14N2O2. The fourth-order valence-corrected chi connectivity index (χ4v) is 1.80. The Morgan fingerprint density at radius 2 is 1.94 bits per heavy atom. The van der Waals surface area contributed by atoms with Crippen molar-refractivity contribution in [3.05, 3.63) is 42.0 Å². The maximum atomic E-state index is 11.7. The van der Waals surface area contributed by atoms with Crippen molar-refractivity contribution in [3.63, 3.8) is 0 Å². The second kappa shape index (κ2) is 4.87. The Kier molecular flexibility index (Phi) is 3.28. The van der Waals surface area contributed by atoms with Crippen molar-refractivity contribution in [2.45, 2.75) is 13.8 Å². The summed E-state index contributed by atoms with van der Waals surface area (Å²) in [5.41, 5.74) is 1.75. The molecule has 0 spiro atoms. The molecule has 0 unspecified atom stereocenters. The van der Waals surface area contributed by atoms with E-state index in [9.17, 15) is 4.79 Å². The van der Waals surface area contributed by atoms with E-state index in [2.05, 4.69) is 10.5 Å². The van der Waals surface area contributed by atoms with Gasteiger partial charge in [-0.25, -0.2) is 0 Å². The number of hydrogen-bond acceptors (Lipinski definition) is 3. The molecule has 2 aromatic rings. The molecule has 2 aromatic carbocycles. The van der Waals surface area contributed by atoms with Crippen LogP contribution in [0.15, 0.2) is 41.6 Å².